The summed E-state index contributed by atoms with van der Waals surface area (Å²) in [6.07, 6.45) is 0.644. The molecule has 134 valence electrons. The first-order valence-corrected chi connectivity index (χ1v) is 10.3. The Hall–Kier alpha value is -2.15. The van der Waals surface area contributed by atoms with Gasteiger partial charge in [0.25, 0.3) is 0 Å². The van der Waals surface area contributed by atoms with Gasteiger partial charge in [0.05, 0.1) is 11.5 Å². The third-order valence-corrected chi connectivity index (χ3v) is 6.36. The number of hydrogen-bond donors (Lipinski definition) is 1. The lowest BCUT2D eigenvalue weighted by molar-refractivity contribution is 0.600. The van der Waals surface area contributed by atoms with Gasteiger partial charge >= 0.3 is 0 Å². The molecule has 1 aromatic heterocycles. The van der Waals surface area contributed by atoms with Crippen molar-refractivity contribution < 1.29 is 8.42 Å². The molecule has 0 aliphatic carbocycles. The fourth-order valence-corrected chi connectivity index (χ4v) is 4.90. The molecule has 0 spiro atoms. The number of sulfone groups is 1. The maximum atomic E-state index is 11.7. The van der Waals surface area contributed by atoms with Crippen LogP contribution < -0.4 is 10.2 Å². The van der Waals surface area contributed by atoms with Gasteiger partial charge in [0, 0.05) is 25.2 Å². The highest BCUT2D eigenvalue weighted by Crippen LogP contribution is 2.25. The molecule has 1 aliphatic rings. The van der Waals surface area contributed by atoms with Crippen LogP contribution in [0.2, 0.25) is 0 Å². The third-order valence-electron chi connectivity index (χ3n) is 4.61. The molecule has 2 unspecified atom stereocenters. The Morgan fingerprint density at radius 2 is 1.96 bits per heavy atom. The Kier molecular flexibility index (Phi) is 4.94. The van der Waals surface area contributed by atoms with Crippen LogP contribution in [0.3, 0.4) is 0 Å². The smallest absolute Gasteiger partial charge is 0.152 e. The molecule has 3 rings (SSSR count). The Balaban J connectivity index is 1.78. The van der Waals surface area contributed by atoms with Gasteiger partial charge in [-0.05, 0) is 25.8 Å². The molecule has 2 atom stereocenters. The summed E-state index contributed by atoms with van der Waals surface area (Å²) in [4.78, 5) is 10.9. The van der Waals surface area contributed by atoms with E-state index in [4.69, 9.17) is 0 Å². The van der Waals surface area contributed by atoms with Gasteiger partial charge in [-0.1, -0.05) is 30.3 Å². The second-order valence-electron chi connectivity index (χ2n) is 6.60. The highest BCUT2D eigenvalue weighted by atomic mass is 32.2. The standard InChI is InChI=1S/C18H24N4O2S/c1-13(15-7-5-4-6-8-15)19-17-11-18(21-14(2)20-17)22(3)16-9-10-25(23,24)12-16/h4-8,11,13,16H,9-10,12H2,1-3H3,(H,19,20,21). The zero-order valence-electron chi connectivity index (χ0n) is 14.8. The van der Waals surface area contributed by atoms with Crippen molar-refractivity contribution in [3.05, 3.63) is 47.8 Å². The summed E-state index contributed by atoms with van der Waals surface area (Å²) in [6, 6.07) is 12.1. The Morgan fingerprint density at radius 1 is 1.24 bits per heavy atom. The van der Waals surface area contributed by atoms with E-state index in [-0.39, 0.29) is 23.6 Å². The number of benzene rings is 1. The molecule has 1 fully saturated rings. The highest BCUT2D eigenvalue weighted by Gasteiger charge is 2.31. The third kappa shape index (κ3) is 4.28. The number of nitrogens with zero attached hydrogens (tertiary/aromatic N) is 3. The first-order chi connectivity index (χ1) is 11.8. The summed E-state index contributed by atoms with van der Waals surface area (Å²) < 4.78 is 23.5. The second-order valence-corrected chi connectivity index (χ2v) is 8.83. The van der Waals surface area contributed by atoms with Crippen LogP contribution >= 0.6 is 0 Å². The van der Waals surface area contributed by atoms with E-state index in [1.54, 1.807) is 0 Å². The Morgan fingerprint density at radius 3 is 2.60 bits per heavy atom. The number of nitrogens with one attached hydrogen (secondary N) is 1. The van der Waals surface area contributed by atoms with E-state index in [2.05, 4.69) is 34.3 Å². The van der Waals surface area contributed by atoms with Crippen molar-refractivity contribution in [2.24, 2.45) is 0 Å². The molecule has 0 radical (unpaired) electrons. The first kappa shape index (κ1) is 17.7. The SMILES string of the molecule is Cc1nc(NC(C)c2ccccc2)cc(N(C)C2CCS(=O)(=O)C2)n1. The van der Waals surface area contributed by atoms with E-state index < -0.39 is 9.84 Å². The molecule has 6 nitrogen and oxygen atoms in total. The molecule has 1 aliphatic heterocycles. The van der Waals surface area contributed by atoms with E-state index in [1.165, 1.54) is 5.56 Å². The quantitative estimate of drug-likeness (QED) is 0.883. The van der Waals surface area contributed by atoms with Crippen molar-refractivity contribution in [1.29, 1.82) is 0 Å². The molecular formula is C18H24N4O2S. The summed E-state index contributed by atoms with van der Waals surface area (Å²) in [6.45, 7) is 3.93. The summed E-state index contributed by atoms with van der Waals surface area (Å²) in [5, 5.41) is 3.41. The van der Waals surface area contributed by atoms with Crippen molar-refractivity contribution in [3.8, 4) is 0 Å². The van der Waals surface area contributed by atoms with E-state index >= 15 is 0 Å². The van der Waals surface area contributed by atoms with Gasteiger partial charge < -0.3 is 10.2 Å². The van der Waals surface area contributed by atoms with Crippen LogP contribution in [0.4, 0.5) is 11.6 Å². The van der Waals surface area contributed by atoms with Crippen molar-refractivity contribution in [2.45, 2.75) is 32.4 Å². The maximum Gasteiger partial charge on any atom is 0.152 e. The van der Waals surface area contributed by atoms with E-state index in [1.807, 2.05) is 43.1 Å². The minimum absolute atomic E-state index is 0.0290. The fraction of sp³-hybridized carbons (Fsp3) is 0.444. The van der Waals surface area contributed by atoms with Gasteiger partial charge in [-0.25, -0.2) is 18.4 Å². The largest absolute Gasteiger partial charge is 0.363 e. The number of aryl methyl sites for hydroxylation is 1. The van der Waals surface area contributed by atoms with Crippen molar-refractivity contribution in [3.63, 3.8) is 0 Å². The topological polar surface area (TPSA) is 75.2 Å². The highest BCUT2D eigenvalue weighted by molar-refractivity contribution is 7.91. The van der Waals surface area contributed by atoms with Crippen LogP contribution in [0, 0.1) is 6.92 Å². The zero-order valence-corrected chi connectivity index (χ0v) is 15.6. The van der Waals surface area contributed by atoms with Crippen LogP contribution in [-0.2, 0) is 9.84 Å². The fourth-order valence-electron chi connectivity index (χ4n) is 3.12. The second kappa shape index (κ2) is 7.00. The van der Waals surface area contributed by atoms with Crippen LogP contribution in [0.5, 0.6) is 0 Å². The lowest BCUT2D eigenvalue weighted by atomic mass is 10.1. The summed E-state index contributed by atoms with van der Waals surface area (Å²) >= 11 is 0. The van der Waals surface area contributed by atoms with Crippen molar-refractivity contribution in [1.82, 2.24) is 9.97 Å². The van der Waals surface area contributed by atoms with E-state index in [0.717, 1.165) is 11.6 Å². The lowest BCUT2D eigenvalue weighted by Crippen LogP contribution is -2.33. The number of anilines is 2. The van der Waals surface area contributed by atoms with Gasteiger partial charge in [0.1, 0.15) is 17.5 Å². The minimum atomic E-state index is -2.92. The van der Waals surface area contributed by atoms with Crippen LogP contribution in [0.1, 0.15) is 30.8 Å². The predicted molar refractivity (Wildman–Crippen MR) is 101 cm³/mol. The molecule has 0 saturated carbocycles. The van der Waals surface area contributed by atoms with Gasteiger partial charge in [-0.15, -0.1) is 0 Å². The Labute approximate surface area is 149 Å². The predicted octanol–water partition coefficient (Wildman–Crippen LogP) is 2.58. The Bertz CT molecular complexity index is 839. The molecule has 25 heavy (non-hydrogen) atoms. The van der Waals surface area contributed by atoms with Crippen LogP contribution in [0.25, 0.3) is 0 Å². The van der Waals surface area contributed by atoms with Gasteiger partial charge in [-0.2, -0.15) is 0 Å². The number of rotatable bonds is 5. The molecule has 1 saturated heterocycles. The number of hydrogen-bond acceptors (Lipinski definition) is 6. The molecule has 1 N–H and O–H groups in total. The normalized spacial score (nSPS) is 20.2. The van der Waals surface area contributed by atoms with E-state index in [0.29, 0.717) is 12.2 Å². The molecular weight excluding hydrogens is 336 g/mol. The van der Waals surface area contributed by atoms with Crippen molar-refractivity contribution in [2.75, 3.05) is 28.8 Å². The molecule has 0 bridgehead atoms. The molecule has 7 heteroatoms. The molecule has 0 amide bonds. The summed E-state index contributed by atoms with van der Waals surface area (Å²) in [5.74, 6) is 2.59. The van der Waals surface area contributed by atoms with Crippen LogP contribution in [-0.4, -0.2) is 43.0 Å². The summed E-state index contributed by atoms with van der Waals surface area (Å²) in [7, 11) is -1.02. The monoisotopic (exact) mass is 360 g/mol. The van der Waals surface area contributed by atoms with Gasteiger partial charge in [0.15, 0.2) is 9.84 Å². The first-order valence-electron chi connectivity index (χ1n) is 8.44. The summed E-state index contributed by atoms with van der Waals surface area (Å²) in [5.41, 5.74) is 1.18. The molecule has 1 aromatic carbocycles. The minimum Gasteiger partial charge on any atom is -0.363 e. The van der Waals surface area contributed by atoms with Crippen molar-refractivity contribution >= 4 is 21.5 Å². The number of aromatic nitrogens is 2. The average Bonchev–Trinajstić information content (AvgIpc) is 2.94. The molecule has 2 heterocycles. The zero-order chi connectivity index (χ0) is 18.0. The van der Waals surface area contributed by atoms with E-state index in [9.17, 15) is 8.42 Å². The maximum absolute atomic E-state index is 11.7. The molecule has 2 aromatic rings. The lowest BCUT2D eigenvalue weighted by Gasteiger charge is -2.25. The van der Waals surface area contributed by atoms with Gasteiger partial charge in [-0.3, -0.25) is 0 Å². The van der Waals surface area contributed by atoms with Crippen LogP contribution in [0.15, 0.2) is 36.4 Å². The van der Waals surface area contributed by atoms with Gasteiger partial charge in [0.2, 0.25) is 0 Å². The average molecular weight is 360 g/mol.